The molecule has 0 spiro atoms. The van der Waals surface area contributed by atoms with E-state index in [1.54, 1.807) is 34.5 Å². The van der Waals surface area contributed by atoms with Crippen molar-refractivity contribution in [1.29, 1.82) is 0 Å². The molecule has 25 heavy (non-hydrogen) atoms. The molecule has 7 nitrogen and oxygen atoms in total. The van der Waals surface area contributed by atoms with Crippen molar-refractivity contribution in [1.82, 2.24) is 9.88 Å². The molecule has 1 aromatic carbocycles. The smallest absolute Gasteiger partial charge is 0.275 e. The van der Waals surface area contributed by atoms with Crippen molar-refractivity contribution in [2.75, 3.05) is 31.6 Å². The number of amides is 2. The first-order valence-corrected chi connectivity index (χ1v) is 8.49. The van der Waals surface area contributed by atoms with Gasteiger partial charge in [-0.25, -0.2) is 4.98 Å². The topological polar surface area (TPSA) is 97.5 Å². The summed E-state index contributed by atoms with van der Waals surface area (Å²) in [5.74, 6) is -0.469. The van der Waals surface area contributed by atoms with Gasteiger partial charge in [-0.15, -0.1) is 23.7 Å². The van der Waals surface area contributed by atoms with Crippen LogP contribution < -0.4 is 11.1 Å². The number of para-hydroxylation sites is 1. The lowest BCUT2D eigenvalue weighted by Gasteiger charge is -2.27. The minimum Gasteiger partial charge on any atom is -0.378 e. The van der Waals surface area contributed by atoms with Gasteiger partial charge >= 0.3 is 0 Å². The van der Waals surface area contributed by atoms with E-state index in [1.165, 1.54) is 11.3 Å². The summed E-state index contributed by atoms with van der Waals surface area (Å²) in [7, 11) is 0. The minimum absolute atomic E-state index is 0. The molecular formula is C16H19ClN4O3S. The number of hydrogen-bond donors (Lipinski definition) is 2. The van der Waals surface area contributed by atoms with Crippen molar-refractivity contribution in [3.8, 4) is 0 Å². The highest BCUT2D eigenvalue weighted by Gasteiger charge is 2.22. The van der Waals surface area contributed by atoms with Gasteiger partial charge in [-0.1, -0.05) is 12.1 Å². The normalized spacial score (nSPS) is 13.9. The van der Waals surface area contributed by atoms with Gasteiger partial charge in [-0.05, 0) is 12.1 Å². The van der Waals surface area contributed by atoms with Crippen molar-refractivity contribution in [3.05, 3.63) is 45.9 Å². The number of ether oxygens (including phenoxy) is 1. The van der Waals surface area contributed by atoms with E-state index in [-0.39, 0.29) is 24.2 Å². The number of benzene rings is 1. The molecule has 9 heteroatoms. The first-order chi connectivity index (χ1) is 11.7. The summed E-state index contributed by atoms with van der Waals surface area (Å²) in [6.45, 7) is 2.45. The van der Waals surface area contributed by atoms with Crippen LogP contribution in [-0.4, -0.2) is 48.0 Å². The summed E-state index contributed by atoms with van der Waals surface area (Å²) in [6, 6.07) is 6.97. The van der Waals surface area contributed by atoms with Crippen LogP contribution in [0.3, 0.4) is 0 Å². The molecule has 134 valence electrons. The Labute approximate surface area is 155 Å². The third-order valence-corrected chi connectivity index (χ3v) is 4.53. The van der Waals surface area contributed by atoms with Gasteiger partial charge in [0.05, 0.1) is 24.5 Å². The maximum Gasteiger partial charge on any atom is 0.275 e. The molecule has 1 aliphatic rings. The molecule has 2 amide bonds. The van der Waals surface area contributed by atoms with Gasteiger partial charge in [0.25, 0.3) is 11.8 Å². The molecule has 2 aromatic rings. The predicted molar refractivity (Wildman–Crippen MR) is 98.4 cm³/mol. The second-order valence-electron chi connectivity index (χ2n) is 5.23. The molecule has 1 aliphatic heterocycles. The fourth-order valence-corrected chi connectivity index (χ4v) is 3.07. The average molecular weight is 383 g/mol. The summed E-state index contributed by atoms with van der Waals surface area (Å²) < 4.78 is 5.27. The zero-order valence-corrected chi connectivity index (χ0v) is 15.1. The molecule has 3 rings (SSSR count). The second kappa shape index (κ2) is 8.91. The van der Waals surface area contributed by atoms with E-state index in [0.29, 0.717) is 54.8 Å². The number of nitrogens with two attached hydrogens (primary N) is 1. The Morgan fingerprint density at radius 3 is 2.68 bits per heavy atom. The summed E-state index contributed by atoms with van der Waals surface area (Å²) in [5, 5.41) is 5.12. The van der Waals surface area contributed by atoms with Crippen molar-refractivity contribution in [2.24, 2.45) is 5.73 Å². The lowest BCUT2D eigenvalue weighted by Crippen LogP contribution is -2.41. The molecule has 0 aliphatic carbocycles. The summed E-state index contributed by atoms with van der Waals surface area (Å²) >= 11 is 1.34. The van der Waals surface area contributed by atoms with E-state index in [2.05, 4.69) is 10.3 Å². The number of aromatic nitrogens is 1. The quantitative estimate of drug-likeness (QED) is 0.839. The zero-order chi connectivity index (χ0) is 16.9. The minimum atomic E-state index is -0.354. The van der Waals surface area contributed by atoms with Crippen molar-refractivity contribution in [2.45, 2.75) is 6.54 Å². The molecule has 1 fully saturated rings. The summed E-state index contributed by atoms with van der Waals surface area (Å²) in [5.41, 5.74) is 6.75. The average Bonchev–Trinajstić information content (AvgIpc) is 3.12. The van der Waals surface area contributed by atoms with Crippen LogP contribution in [0.15, 0.2) is 29.6 Å². The predicted octanol–water partition coefficient (Wildman–Crippen LogP) is 1.75. The molecule has 1 aromatic heterocycles. The molecule has 1 saturated heterocycles. The number of nitrogens with zero attached hydrogens (tertiary/aromatic N) is 2. The summed E-state index contributed by atoms with van der Waals surface area (Å²) in [6.07, 6.45) is 0. The second-order valence-corrected chi connectivity index (χ2v) is 6.18. The van der Waals surface area contributed by atoms with E-state index in [1.807, 2.05) is 0 Å². The highest BCUT2D eigenvalue weighted by atomic mass is 35.5. The first kappa shape index (κ1) is 19.3. The van der Waals surface area contributed by atoms with Gasteiger partial charge in [0.1, 0.15) is 10.7 Å². The number of hydrogen-bond acceptors (Lipinski definition) is 6. The van der Waals surface area contributed by atoms with Crippen molar-refractivity contribution >= 4 is 41.2 Å². The number of thiazole rings is 1. The number of nitrogens with one attached hydrogen (secondary N) is 1. The van der Waals surface area contributed by atoms with Gasteiger partial charge < -0.3 is 20.7 Å². The van der Waals surface area contributed by atoms with E-state index >= 15 is 0 Å². The van der Waals surface area contributed by atoms with Crippen LogP contribution in [0.25, 0.3) is 0 Å². The monoisotopic (exact) mass is 382 g/mol. The third kappa shape index (κ3) is 4.55. The van der Waals surface area contributed by atoms with Gasteiger partial charge in [-0.3, -0.25) is 9.59 Å². The fraction of sp³-hybridized carbons (Fsp3) is 0.312. The molecule has 3 N–H and O–H groups in total. The lowest BCUT2D eigenvalue weighted by molar-refractivity contribution is 0.0303. The number of rotatable bonds is 4. The molecular weight excluding hydrogens is 364 g/mol. The van der Waals surface area contributed by atoms with Gasteiger partial charge in [0.15, 0.2) is 0 Å². The van der Waals surface area contributed by atoms with E-state index in [9.17, 15) is 9.59 Å². The molecule has 2 heterocycles. The van der Waals surface area contributed by atoms with E-state index in [4.69, 9.17) is 10.5 Å². The lowest BCUT2D eigenvalue weighted by atomic mass is 10.1. The van der Waals surface area contributed by atoms with Crippen LogP contribution in [0.4, 0.5) is 5.69 Å². The van der Waals surface area contributed by atoms with Crippen LogP contribution in [0.1, 0.15) is 25.9 Å². The molecule has 0 bridgehead atoms. The first-order valence-electron chi connectivity index (χ1n) is 7.61. The van der Waals surface area contributed by atoms with Crippen molar-refractivity contribution < 1.29 is 14.3 Å². The van der Waals surface area contributed by atoms with Crippen LogP contribution in [0.2, 0.25) is 0 Å². The Morgan fingerprint density at radius 2 is 2.00 bits per heavy atom. The maximum absolute atomic E-state index is 12.7. The summed E-state index contributed by atoms with van der Waals surface area (Å²) in [4.78, 5) is 30.9. The Bertz CT molecular complexity index is 746. The Balaban J connectivity index is 0.00000225. The number of carbonyl (C=O) groups excluding carboxylic acids is 2. The zero-order valence-electron chi connectivity index (χ0n) is 13.4. The Kier molecular flexibility index (Phi) is 6.89. The van der Waals surface area contributed by atoms with Gasteiger partial charge in [0, 0.05) is 25.0 Å². The standard InChI is InChI=1S/C16H18N4O3S.ClH/c17-9-14-18-13(10-24-14)15(21)19-12-4-2-1-3-11(12)16(22)20-5-7-23-8-6-20;/h1-4,10H,5-9,17H2,(H,19,21);1H. The van der Waals surface area contributed by atoms with Crippen LogP contribution in [0.5, 0.6) is 0 Å². The largest absolute Gasteiger partial charge is 0.378 e. The molecule has 0 radical (unpaired) electrons. The Morgan fingerprint density at radius 1 is 1.28 bits per heavy atom. The molecule has 0 saturated carbocycles. The third-order valence-electron chi connectivity index (χ3n) is 3.66. The number of carbonyl (C=O) groups is 2. The van der Waals surface area contributed by atoms with Crippen LogP contribution >= 0.6 is 23.7 Å². The highest BCUT2D eigenvalue weighted by Crippen LogP contribution is 2.19. The van der Waals surface area contributed by atoms with Gasteiger partial charge in [0.2, 0.25) is 0 Å². The number of morpholine rings is 1. The molecule has 0 atom stereocenters. The van der Waals surface area contributed by atoms with Crippen LogP contribution in [0, 0.1) is 0 Å². The number of anilines is 1. The SMILES string of the molecule is Cl.NCc1nc(C(=O)Nc2ccccc2C(=O)N2CCOCC2)cs1. The van der Waals surface area contributed by atoms with E-state index in [0.717, 1.165) is 0 Å². The number of halogens is 1. The van der Waals surface area contributed by atoms with E-state index < -0.39 is 0 Å². The maximum atomic E-state index is 12.7. The van der Waals surface area contributed by atoms with Crippen molar-refractivity contribution in [3.63, 3.8) is 0 Å². The highest BCUT2D eigenvalue weighted by molar-refractivity contribution is 7.09. The van der Waals surface area contributed by atoms with Gasteiger partial charge in [-0.2, -0.15) is 0 Å². The Hall–Kier alpha value is -2.00. The van der Waals surface area contributed by atoms with Crippen LogP contribution in [-0.2, 0) is 11.3 Å². The molecule has 0 unspecified atom stereocenters. The fourth-order valence-electron chi connectivity index (χ4n) is 2.41.